The van der Waals surface area contributed by atoms with Gasteiger partial charge in [-0.1, -0.05) is 30.3 Å². The molecule has 3 rings (SSSR count). The quantitative estimate of drug-likeness (QED) is 0.785. The van der Waals surface area contributed by atoms with Gasteiger partial charge in [0.1, 0.15) is 11.6 Å². The van der Waals surface area contributed by atoms with E-state index in [4.69, 9.17) is 4.74 Å². The highest BCUT2D eigenvalue weighted by molar-refractivity contribution is 6.13. The number of methoxy groups -OCH3 is 1. The first kappa shape index (κ1) is 14.1. The molecule has 0 aliphatic rings. The summed E-state index contributed by atoms with van der Waals surface area (Å²) in [7, 11) is 1.56. The Kier molecular flexibility index (Phi) is 3.74. The van der Waals surface area contributed by atoms with Gasteiger partial charge in [-0.05, 0) is 29.7 Å². The fourth-order valence-corrected chi connectivity index (χ4v) is 2.36. The van der Waals surface area contributed by atoms with Crippen molar-refractivity contribution in [3.8, 4) is 5.75 Å². The number of hydrogen-bond donors (Lipinski definition) is 1. The second kappa shape index (κ2) is 5.85. The first-order valence-corrected chi connectivity index (χ1v) is 6.81. The van der Waals surface area contributed by atoms with Crippen molar-refractivity contribution in [1.29, 1.82) is 0 Å². The van der Waals surface area contributed by atoms with Crippen LogP contribution in [0.1, 0.15) is 10.4 Å². The van der Waals surface area contributed by atoms with E-state index in [1.807, 2.05) is 0 Å². The van der Waals surface area contributed by atoms with Gasteiger partial charge in [0.05, 0.1) is 7.11 Å². The maximum atomic E-state index is 13.8. The molecule has 0 spiro atoms. The number of benzene rings is 3. The number of hydrogen-bond acceptors (Lipinski definition) is 2. The van der Waals surface area contributed by atoms with E-state index in [-0.39, 0.29) is 11.7 Å². The van der Waals surface area contributed by atoms with Gasteiger partial charge in [-0.3, -0.25) is 4.79 Å². The van der Waals surface area contributed by atoms with Gasteiger partial charge in [0.2, 0.25) is 0 Å². The van der Waals surface area contributed by atoms with Gasteiger partial charge in [0, 0.05) is 22.7 Å². The summed E-state index contributed by atoms with van der Waals surface area (Å²) in [6, 6.07) is 16.8. The summed E-state index contributed by atoms with van der Waals surface area (Å²) in [4.78, 5) is 12.5. The number of fused-ring (bicyclic) bond motifs is 1. The second-order valence-electron chi connectivity index (χ2n) is 4.83. The lowest BCUT2D eigenvalue weighted by Crippen LogP contribution is -2.12. The van der Waals surface area contributed by atoms with Crippen molar-refractivity contribution in [2.24, 2.45) is 0 Å². The molecule has 3 aromatic carbocycles. The van der Waals surface area contributed by atoms with Crippen LogP contribution in [0.5, 0.6) is 5.75 Å². The van der Waals surface area contributed by atoms with Gasteiger partial charge in [-0.15, -0.1) is 0 Å². The van der Waals surface area contributed by atoms with Crippen molar-refractivity contribution in [1.82, 2.24) is 0 Å². The lowest BCUT2D eigenvalue weighted by Gasteiger charge is -2.09. The molecule has 0 saturated carbocycles. The van der Waals surface area contributed by atoms with Crippen molar-refractivity contribution in [2.45, 2.75) is 0 Å². The van der Waals surface area contributed by atoms with Gasteiger partial charge in [0.25, 0.3) is 5.91 Å². The third kappa shape index (κ3) is 2.63. The zero-order chi connectivity index (χ0) is 15.5. The Labute approximate surface area is 127 Å². The Morgan fingerprint density at radius 3 is 2.55 bits per heavy atom. The van der Waals surface area contributed by atoms with E-state index in [1.165, 1.54) is 12.1 Å². The number of rotatable bonds is 3. The summed E-state index contributed by atoms with van der Waals surface area (Å²) in [5, 5.41) is 3.82. The lowest BCUT2D eigenvalue weighted by molar-refractivity contribution is 0.102. The van der Waals surface area contributed by atoms with Gasteiger partial charge in [-0.2, -0.15) is 0 Å². The Hall–Kier alpha value is -2.88. The van der Waals surface area contributed by atoms with E-state index in [0.29, 0.717) is 27.8 Å². The molecule has 110 valence electrons. The van der Waals surface area contributed by atoms with Crippen LogP contribution in [-0.2, 0) is 0 Å². The van der Waals surface area contributed by atoms with Crippen LogP contribution in [0.2, 0.25) is 0 Å². The van der Waals surface area contributed by atoms with Gasteiger partial charge < -0.3 is 10.1 Å². The molecule has 0 aliphatic heterocycles. The highest BCUT2D eigenvalue weighted by Gasteiger charge is 2.12. The van der Waals surface area contributed by atoms with Crippen LogP contribution in [-0.4, -0.2) is 13.0 Å². The van der Waals surface area contributed by atoms with E-state index in [2.05, 4.69) is 5.32 Å². The topological polar surface area (TPSA) is 38.3 Å². The molecule has 0 unspecified atom stereocenters. The summed E-state index contributed by atoms with van der Waals surface area (Å²) in [6.07, 6.45) is 0. The van der Waals surface area contributed by atoms with E-state index in [0.717, 1.165) is 0 Å². The van der Waals surface area contributed by atoms with Crippen LogP contribution < -0.4 is 10.1 Å². The van der Waals surface area contributed by atoms with Gasteiger partial charge in [0.15, 0.2) is 0 Å². The molecule has 1 N–H and O–H groups in total. The second-order valence-corrected chi connectivity index (χ2v) is 4.83. The van der Waals surface area contributed by atoms with E-state index in [1.54, 1.807) is 55.6 Å². The predicted octanol–water partition coefficient (Wildman–Crippen LogP) is 4.24. The average Bonchev–Trinajstić information content (AvgIpc) is 2.55. The first-order valence-electron chi connectivity index (χ1n) is 6.81. The summed E-state index contributed by atoms with van der Waals surface area (Å²) >= 11 is 0. The number of halogens is 1. The molecule has 0 saturated heterocycles. The molecule has 0 aliphatic carbocycles. The first-order chi connectivity index (χ1) is 10.7. The molecule has 0 atom stereocenters. The zero-order valence-electron chi connectivity index (χ0n) is 12.0. The van der Waals surface area contributed by atoms with Crippen molar-refractivity contribution in [3.63, 3.8) is 0 Å². The normalized spacial score (nSPS) is 10.5. The molecule has 0 heterocycles. The highest BCUT2D eigenvalue weighted by atomic mass is 19.1. The van der Waals surface area contributed by atoms with Crippen molar-refractivity contribution < 1.29 is 13.9 Å². The summed E-state index contributed by atoms with van der Waals surface area (Å²) in [5.41, 5.74) is 1.05. The zero-order valence-corrected chi connectivity index (χ0v) is 12.0. The molecule has 1 amide bonds. The minimum atomic E-state index is -0.339. The smallest absolute Gasteiger partial charge is 0.256 e. The van der Waals surface area contributed by atoms with Crippen molar-refractivity contribution in [3.05, 3.63) is 72.0 Å². The molecule has 0 aromatic heterocycles. The van der Waals surface area contributed by atoms with Crippen LogP contribution in [0.3, 0.4) is 0 Å². The molecule has 22 heavy (non-hydrogen) atoms. The number of carbonyl (C=O) groups is 1. The summed E-state index contributed by atoms with van der Waals surface area (Å²) < 4.78 is 18.9. The third-order valence-corrected chi connectivity index (χ3v) is 3.44. The third-order valence-electron chi connectivity index (χ3n) is 3.44. The minimum Gasteiger partial charge on any atom is -0.497 e. The Morgan fingerprint density at radius 1 is 1.00 bits per heavy atom. The molecular weight excluding hydrogens is 281 g/mol. The largest absolute Gasteiger partial charge is 0.497 e. The van der Waals surface area contributed by atoms with Gasteiger partial charge in [-0.25, -0.2) is 4.39 Å². The molecule has 0 fully saturated rings. The molecule has 0 radical (unpaired) electrons. The molecule has 4 heteroatoms. The minimum absolute atomic E-state index is 0.288. The fraction of sp³-hybridized carbons (Fsp3) is 0.0556. The summed E-state index contributed by atoms with van der Waals surface area (Å²) in [6.45, 7) is 0. The lowest BCUT2D eigenvalue weighted by atomic mass is 10.0. The molecule has 3 nitrogen and oxygen atoms in total. The fourth-order valence-electron chi connectivity index (χ4n) is 2.36. The van der Waals surface area contributed by atoms with E-state index < -0.39 is 0 Å². The van der Waals surface area contributed by atoms with E-state index >= 15 is 0 Å². The van der Waals surface area contributed by atoms with Crippen molar-refractivity contribution in [2.75, 3.05) is 12.4 Å². The summed E-state index contributed by atoms with van der Waals surface area (Å²) in [5.74, 6) is 0.0275. The maximum absolute atomic E-state index is 13.8. The molecule has 3 aromatic rings. The van der Waals surface area contributed by atoms with Crippen LogP contribution in [0.15, 0.2) is 60.7 Å². The standard InChI is InChI=1S/C18H14FNO2/c1-22-13-6-4-5-12(11-13)20-18(21)16-9-10-17(19)15-8-3-2-7-14(15)16/h2-11H,1H3,(H,20,21). The molecule has 0 bridgehead atoms. The predicted molar refractivity (Wildman–Crippen MR) is 84.9 cm³/mol. The van der Waals surface area contributed by atoms with Crippen LogP contribution >= 0.6 is 0 Å². The van der Waals surface area contributed by atoms with Crippen molar-refractivity contribution >= 4 is 22.4 Å². The Bertz CT molecular complexity index is 845. The number of ether oxygens (including phenoxy) is 1. The Morgan fingerprint density at radius 2 is 1.77 bits per heavy atom. The van der Waals surface area contributed by atoms with Gasteiger partial charge >= 0.3 is 0 Å². The number of amides is 1. The van der Waals surface area contributed by atoms with Crippen LogP contribution in [0.4, 0.5) is 10.1 Å². The van der Waals surface area contributed by atoms with Crippen LogP contribution in [0, 0.1) is 5.82 Å². The average molecular weight is 295 g/mol. The Balaban J connectivity index is 1.97. The number of carbonyl (C=O) groups excluding carboxylic acids is 1. The SMILES string of the molecule is COc1cccc(NC(=O)c2ccc(F)c3ccccc23)c1. The highest BCUT2D eigenvalue weighted by Crippen LogP contribution is 2.23. The molecular formula is C18H14FNO2. The number of anilines is 1. The monoisotopic (exact) mass is 295 g/mol. The number of nitrogens with one attached hydrogen (secondary N) is 1. The maximum Gasteiger partial charge on any atom is 0.256 e. The van der Waals surface area contributed by atoms with Crippen LogP contribution in [0.25, 0.3) is 10.8 Å². The van der Waals surface area contributed by atoms with E-state index in [9.17, 15) is 9.18 Å².